The van der Waals surface area contributed by atoms with Gasteiger partial charge in [-0.2, -0.15) is 0 Å². The number of hydrogen-bond acceptors (Lipinski definition) is 8. The Morgan fingerprint density at radius 2 is 1.88 bits per heavy atom. The molecule has 186 valence electrons. The first-order valence-electron chi connectivity index (χ1n) is 11.6. The van der Waals surface area contributed by atoms with Crippen LogP contribution in [0.1, 0.15) is 67.8 Å². The Morgan fingerprint density at radius 1 is 1.18 bits per heavy atom. The minimum Gasteiger partial charge on any atom is -0.462 e. The number of anilines is 1. The van der Waals surface area contributed by atoms with E-state index < -0.39 is 48.5 Å². The highest BCUT2D eigenvalue weighted by atomic mass is 32.1. The van der Waals surface area contributed by atoms with Crippen LogP contribution in [-0.2, 0) is 36.7 Å². The number of ether oxygens (including phenoxy) is 2. The molecule has 2 aliphatic rings. The number of carbonyl (C=O) groups excluding carboxylic acids is 5. The van der Waals surface area contributed by atoms with Crippen molar-refractivity contribution >= 4 is 46.1 Å². The van der Waals surface area contributed by atoms with Crippen molar-refractivity contribution in [1.29, 1.82) is 0 Å². The molecular weight excluding hydrogens is 462 g/mol. The normalized spacial score (nSPS) is 18.8. The number of rotatable bonds is 9. The van der Waals surface area contributed by atoms with E-state index in [0.717, 1.165) is 34.6 Å². The molecule has 10 nitrogen and oxygen atoms in total. The topological polar surface area (TPSA) is 131 Å². The van der Waals surface area contributed by atoms with Gasteiger partial charge in [-0.25, -0.2) is 9.59 Å². The molecule has 1 fully saturated rings. The van der Waals surface area contributed by atoms with Crippen LogP contribution >= 0.6 is 11.3 Å². The minimum absolute atomic E-state index is 0.213. The van der Waals surface area contributed by atoms with Gasteiger partial charge in [-0.1, -0.05) is 20.8 Å². The van der Waals surface area contributed by atoms with E-state index in [1.54, 1.807) is 20.8 Å². The molecule has 2 heterocycles. The number of nitrogens with zero attached hydrogens (tertiary/aromatic N) is 1. The van der Waals surface area contributed by atoms with E-state index in [2.05, 4.69) is 17.6 Å². The summed E-state index contributed by atoms with van der Waals surface area (Å²) >= 11 is 1.33. The second-order valence-electron chi connectivity index (χ2n) is 8.60. The Morgan fingerprint density at radius 3 is 2.50 bits per heavy atom. The number of hydrogen-bond donors (Lipinski definition) is 2. The maximum atomic E-state index is 12.6. The van der Waals surface area contributed by atoms with Gasteiger partial charge in [0.15, 0.2) is 6.61 Å². The lowest BCUT2D eigenvalue weighted by Crippen LogP contribution is -2.46. The molecule has 1 saturated heterocycles. The molecule has 0 bridgehead atoms. The van der Waals surface area contributed by atoms with Crippen LogP contribution in [0, 0.1) is 5.92 Å². The van der Waals surface area contributed by atoms with Crippen molar-refractivity contribution in [3.05, 3.63) is 16.0 Å². The van der Waals surface area contributed by atoms with Crippen LogP contribution in [0.25, 0.3) is 0 Å². The quantitative estimate of drug-likeness (QED) is 0.399. The molecule has 11 heteroatoms. The average molecular weight is 494 g/mol. The van der Waals surface area contributed by atoms with Gasteiger partial charge >= 0.3 is 18.0 Å². The summed E-state index contributed by atoms with van der Waals surface area (Å²) in [5, 5.41) is 5.67. The predicted octanol–water partition coefficient (Wildman–Crippen LogP) is 2.64. The van der Waals surface area contributed by atoms with Crippen LogP contribution in [0.3, 0.4) is 0 Å². The third-order valence-corrected chi connectivity index (χ3v) is 7.52. The van der Waals surface area contributed by atoms with Gasteiger partial charge in [0.25, 0.3) is 11.8 Å². The summed E-state index contributed by atoms with van der Waals surface area (Å²) in [7, 11) is 0. The maximum Gasteiger partial charge on any atom is 0.341 e. The SMILES string of the molecule is CCOC(=O)c1c(NC(=O)COC(=O)CN2C(=O)NC(CC)(CC)C2=O)sc2c1CC[C@H](C)C2. The van der Waals surface area contributed by atoms with E-state index in [-0.39, 0.29) is 6.61 Å². The van der Waals surface area contributed by atoms with Crippen molar-refractivity contribution < 1.29 is 33.4 Å². The highest BCUT2D eigenvalue weighted by molar-refractivity contribution is 7.17. The van der Waals surface area contributed by atoms with E-state index >= 15 is 0 Å². The molecule has 0 saturated carbocycles. The molecule has 0 aromatic carbocycles. The van der Waals surface area contributed by atoms with Crippen molar-refractivity contribution in [2.75, 3.05) is 25.1 Å². The summed E-state index contributed by atoms with van der Waals surface area (Å²) in [4.78, 5) is 63.9. The lowest BCUT2D eigenvalue weighted by atomic mass is 9.88. The molecule has 0 radical (unpaired) electrons. The molecule has 0 spiro atoms. The summed E-state index contributed by atoms with van der Waals surface area (Å²) in [5.74, 6) is -2.00. The molecule has 4 amide bonds. The summed E-state index contributed by atoms with van der Waals surface area (Å²) in [5.41, 5.74) is 0.250. The van der Waals surface area contributed by atoms with Gasteiger partial charge in [-0.3, -0.25) is 19.3 Å². The zero-order valence-electron chi connectivity index (χ0n) is 19.9. The first-order chi connectivity index (χ1) is 16.2. The third kappa shape index (κ3) is 5.08. The third-order valence-electron chi connectivity index (χ3n) is 6.35. The Balaban J connectivity index is 1.62. The number of thiophene rings is 1. The van der Waals surface area contributed by atoms with E-state index in [0.29, 0.717) is 29.3 Å². The fraction of sp³-hybridized carbons (Fsp3) is 0.609. The molecule has 1 atom stereocenters. The maximum absolute atomic E-state index is 12.6. The molecular formula is C23H31N3O7S. The van der Waals surface area contributed by atoms with Crippen molar-refractivity contribution in [1.82, 2.24) is 10.2 Å². The first kappa shape index (κ1) is 25.7. The smallest absolute Gasteiger partial charge is 0.341 e. The molecule has 1 aliphatic heterocycles. The predicted molar refractivity (Wildman–Crippen MR) is 125 cm³/mol. The number of nitrogens with one attached hydrogen (secondary N) is 2. The van der Waals surface area contributed by atoms with Gasteiger partial charge < -0.3 is 20.1 Å². The highest BCUT2D eigenvalue weighted by Gasteiger charge is 2.49. The summed E-state index contributed by atoms with van der Waals surface area (Å²) in [6.45, 7) is 6.43. The second-order valence-corrected chi connectivity index (χ2v) is 9.70. The number of urea groups is 1. The van der Waals surface area contributed by atoms with E-state index in [4.69, 9.17) is 9.47 Å². The van der Waals surface area contributed by atoms with Crippen LogP contribution in [0.5, 0.6) is 0 Å². The van der Waals surface area contributed by atoms with Crippen molar-refractivity contribution in [2.45, 2.75) is 65.3 Å². The Bertz CT molecular complexity index is 999. The van der Waals surface area contributed by atoms with E-state index in [1.807, 2.05) is 0 Å². The molecule has 3 rings (SSSR count). The molecule has 1 aliphatic carbocycles. The fourth-order valence-corrected chi connectivity index (χ4v) is 5.71. The number of carbonyl (C=O) groups is 5. The largest absolute Gasteiger partial charge is 0.462 e. The molecule has 34 heavy (non-hydrogen) atoms. The minimum atomic E-state index is -1.02. The molecule has 2 N–H and O–H groups in total. The summed E-state index contributed by atoms with van der Waals surface area (Å²) < 4.78 is 10.2. The zero-order valence-corrected chi connectivity index (χ0v) is 20.8. The second kappa shape index (κ2) is 10.5. The van der Waals surface area contributed by atoms with Gasteiger partial charge in [0, 0.05) is 4.88 Å². The lowest BCUT2D eigenvalue weighted by Gasteiger charge is -2.22. The van der Waals surface area contributed by atoms with Crippen LogP contribution in [0.15, 0.2) is 0 Å². The van der Waals surface area contributed by atoms with Gasteiger partial charge in [0.2, 0.25) is 0 Å². The van der Waals surface area contributed by atoms with Gasteiger partial charge in [-0.15, -0.1) is 11.3 Å². The molecule has 1 aromatic heterocycles. The lowest BCUT2D eigenvalue weighted by molar-refractivity contribution is -0.150. The van der Waals surface area contributed by atoms with Crippen LogP contribution in [0.4, 0.5) is 9.80 Å². The average Bonchev–Trinajstić information content (AvgIpc) is 3.26. The Hall–Kier alpha value is -2.95. The van der Waals surface area contributed by atoms with Gasteiger partial charge in [-0.05, 0) is 50.5 Å². The number of imide groups is 1. The summed E-state index contributed by atoms with van der Waals surface area (Å²) in [6.07, 6.45) is 3.29. The first-order valence-corrected chi connectivity index (χ1v) is 12.4. The number of esters is 2. The fourth-order valence-electron chi connectivity index (χ4n) is 4.29. The van der Waals surface area contributed by atoms with Crippen molar-refractivity contribution in [3.63, 3.8) is 0 Å². The molecule has 1 aromatic rings. The van der Waals surface area contributed by atoms with Crippen molar-refractivity contribution in [2.24, 2.45) is 5.92 Å². The molecule has 0 unspecified atom stereocenters. The van der Waals surface area contributed by atoms with Gasteiger partial charge in [0.1, 0.15) is 17.1 Å². The van der Waals surface area contributed by atoms with Gasteiger partial charge in [0.05, 0.1) is 12.2 Å². The zero-order chi connectivity index (χ0) is 25.0. The van der Waals surface area contributed by atoms with Crippen LogP contribution in [0.2, 0.25) is 0 Å². The standard InChI is InChI=1S/C23H31N3O7S/c1-5-23(6-2)21(30)26(22(31)25-23)11-17(28)33-12-16(27)24-19-18(20(29)32-7-3)14-9-8-13(4)10-15(14)34-19/h13H,5-12H2,1-4H3,(H,24,27)(H,25,31)/t13-/m0/s1. The van der Waals surface area contributed by atoms with E-state index in [1.165, 1.54) is 11.3 Å². The van der Waals surface area contributed by atoms with Crippen LogP contribution in [-0.4, -0.2) is 60.0 Å². The Labute approximate surface area is 202 Å². The van der Waals surface area contributed by atoms with E-state index in [9.17, 15) is 24.0 Å². The monoisotopic (exact) mass is 493 g/mol. The van der Waals surface area contributed by atoms with Crippen LogP contribution < -0.4 is 10.6 Å². The van der Waals surface area contributed by atoms with Crippen molar-refractivity contribution in [3.8, 4) is 0 Å². The summed E-state index contributed by atoms with van der Waals surface area (Å²) in [6, 6.07) is -0.660. The number of fused-ring (bicyclic) bond motifs is 1. The number of amides is 4. The highest BCUT2D eigenvalue weighted by Crippen LogP contribution is 2.40. The Kier molecular flexibility index (Phi) is 7.96.